The highest BCUT2D eigenvalue weighted by Gasteiger charge is 2.15. The summed E-state index contributed by atoms with van der Waals surface area (Å²) in [7, 11) is 1.76. The molecule has 122 valence electrons. The van der Waals surface area contributed by atoms with Crippen molar-refractivity contribution in [3.63, 3.8) is 0 Å². The Morgan fingerprint density at radius 1 is 1.30 bits per heavy atom. The Kier molecular flexibility index (Phi) is 5.93. The minimum atomic E-state index is -0.0831. The Bertz CT molecular complexity index is 691. The lowest BCUT2D eigenvalue weighted by Gasteiger charge is -2.18. The fourth-order valence-electron chi connectivity index (χ4n) is 2.15. The zero-order valence-corrected chi connectivity index (χ0v) is 14.3. The molecule has 0 aliphatic heterocycles. The summed E-state index contributed by atoms with van der Waals surface area (Å²) in [5, 5.41) is 0.587. The number of nitrogens with zero attached hydrogens (tertiary/aromatic N) is 3. The van der Waals surface area contributed by atoms with Crippen LogP contribution in [-0.2, 0) is 0 Å². The maximum Gasteiger partial charge on any atom is 0.257 e. The summed E-state index contributed by atoms with van der Waals surface area (Å²) in [6, 6.07) is 7.33. The van der Waals surface area contributed by atoms with Crippen LogP contribution in [0.2, 0.25) is 5.02 Å². The topological polar surface area (TPSA) is 55.3 Å². The molecule has 0 bridgehead atoms. The molecule has 23 heavy (non-hydrogen) atoms. The number of hydrogen-bond donors (Lipinski definition) is 0. The zero-order valence-electron chi connectivity index (χ0n) is 13.5. The van der Waals surface area contributed by atoms with E-state index in [4.69, 9.17) is 16.3 Å². The largest absolute Gasteiger partial charge is 0.492 e. The van der Waals surface area contributed by atoms with E-state index in [1.807, 2.05) is 25.1 Å². The highest BCUT2D eigenvalue weighted by Crippen LogP contribution is 2.23. The lowest BCUT2D eigenvalue weighted by molar-refractivity contribution is 0.0786. The molecule has 0 fully saturated rings. The van der Waals surface area contributed by atoms with Gasteiger partial charge in [-0.05, 0) is 32.4 Å². The Labute approximate surface area is 141 Å². The fraction of sp³-hybridized carbons (Fsp3) is 0.353. The van der Waals surface area contributed by atoms with E-state index in [9.17, 15) is 4.79 Å². The Hall–Kier alpha value is -2.14. The van der Waals surface area contributed by atoms with Crippen molar-refractivity contribution in [2.75, 3.05) is 20.2 Å². The molecule has 0 atom stereocenters. The summed E-state index contributed by atoms with van der Waals surface area (Å²) in [6.07, 6.45) is 2.29. The number of hydrogen-bond acceptors (Lipinski definition) is 4. The molecule has 0 aliphatic rings. The van der Waals surface area contributed by atoms with Crippen LogP contribution in [-0.4, -0.2) is 41.0 Å². The number of para-hydroxylation sites is 1. The molecule has 2 aromatic rings. The van der Waals surface area contributed by atoms with Crippen LogP contribution in [0.4, 0.5) is 0 Å². The Balaban J connectivity index is 1.83. The third-order valence-electron chi connectivity index (χ3n) is 3.41. The van der Waals surface area contributed by atoms with Gasteiger partial charge >= 0.3 is 0 Å². The average Bonchev–Trinajstić information content (AvgIpc) is 2.52. The van der Waals surface area contributed by atoms with E-state index < -0.39 is 0 Å². The molecular formula is C17H20ClN3O2. The maximum absolute atomic E-state index is 12.4. The predicted octanol–water partition coefficient (Wildman–Crippen LogP) is 3.29. The van der Waals surface area contributed by atoms with Gasteiger partial charge in [0, 0.05) is 19.8 Å². The second-order valence-electron chi connectivity index (χ2n) is 5.28. The Morgan fingerprint density at radius 2 is 2.04 bits per heavy atom. The first-order chi connectivity index (χ1) is 11.0. The van der Waals surface area contributed by atoms with Gasteiger partial charge in [0.05, 0.1) is 22.9 Å². The van der Waals surface area contributed by atoms with Gasteiger partial charge < -0.3 is 9.64 Å². The second kappa shape index (κ2) is 7.92. The summed E-state index contributed by atoms with van der Waals surface area (Å²) in [5.41, 5.74) is 1.23. The number of amides is 1. The van der Waals surface area contributed by atoms with E-state index in [-0.39, 0.29) is 5.91 Å². The van der Waals surface area contributed by atoms with E-state index >= 15 is 0 Å². The van der Waals surface area contributed by atoms with Crippen LogP contribution in [0.5, 0.6) is 5.75 Å². The summed E-state index contributed by atoms with van der Waals surface area (Å²) in [6.45, 7) is 4.69. The molecule has 0 saturated carbocycles. The standard InChI is InChI=1S/C17H20ClN3O2/c1-12-14(11-19-13(2)20-12)17(22)21(3)9-6-10-23-16-8-5-4-7-15(16)18/h4-5,7-8,11H,6,9-10H2,1-3H3. The number of halogens is 1. The molecular weight excluding hydrogens is 314 g/mol. The number of aryl methyl sites for hydroxylation is 2. The summed E-state index contributed by atoms with van der Waals surface area (Å²) in [5.74, 6) is 1.24. The van der Waals surface area contributed by atoms with Gasteiger partial charge in [0.25, 0.3) is 5.91 Å². The molecule has 1 aromatic heterocycles. The molecule has 0 radical (unpaired) electrons. The number of aromatic nitrogens is 2. The van der Waals surface area contributed by atoms with E-state index in [0.29, 0.717) is 47.4 Å². The predicted molar refractivity (Wildman–Crippen MR) is 90.0 cm³/mol. The van der Waals surface area contributed by atoms with Gasteiger partial charge in [0.2, 0.25) is 0 Å². The zero-order chi connectivity index (χ0) is 16.8. The molecule has 0 spiro atoms. The Morgan fingerprint density at radius 3 is 2.74 bits per heavy atom. The van der Waals surface area contributed by atoms with Crippen LogP contribution < -0.4 is 4.74 Å². The van der Waals surface area contributed by atoms with Crippen LogP contribution in [0.1, 0.15) is 28.3 Å². The van der Waals surface area contributed by atoms with Crippen molar-refractivity contribution in [3.05, 3.63) is 52.6 Å². The lowest BCUT2D eigenvalue weighted by Crippen LogP contribution is -2.29. The van der Waals surface area contributed by atoms with Gasteiger partial charge in [-0.25, -0.2) is 9.97 Å². The summed E-state index contributed by atoms with van der Waals surface area (Å²) in [4.78, 5) is 22.3. The first-order valence-electron chi connectivity index (χ1n) is 7.42. The highest BCUT2D eigenvalue weighted by molar-refractivity contribution is 6.32. The molecule has 2 rings (SSSR count). The molecule has 0 aliphatic carbocycles. The summed E-state index contributed by atoms with van der Waals surface area (Å²) < 4.78 is 5.62. The molecule has 1 amide bonds. The minimum absolute atomic E-state index is 0.0831. The third-order valence-corrected chi connectivity index (χ3v) is 3.72. The monoisotopic (exact) mass is 333 g/mol. The normalized spacial score (nSPS) is 10.4. The van der Waals surface area contributed by atoms with Crippen molar-refractivity contribution in [3.8, 4) is 5.75 Å². The number of ether oxygens (including phenoxy) is 1. The maximum atomic E-state index is 12.4. The summed E-state index contributed by atoms with van der Waals surface area (Å²) >= 11 is 6.02. The molecule has 0 saturated heterocycles. The first kappa shape index (κ1) is 17.2. The van der Waals surface area contributed by atoms with Gasteiger partial charge in [-0.15, -0.1) is 0 Å². The molecule has 6 heteroatoms. The molecule has 0 N–H and O–H groups in total. The van der Waals surface area contributed by atoms with Crippen LogP contribution in [0.15, 0.2) is 30.5 Å². The van der Waals surface area contributed by atoms with Crippen molar-refractivity contribution >= 4 is 17.5 Å². The number of rotatable bonds is 6. The smallest absolute Gasteiger partial charge is 0.257 e. The van der Waals surface area contributed by atoms with Crippen molar-refractivity contribution in [2.45, 2.75) is 20.3 Å². The SMILES string of the molecule is Cc1ncc(C(=O)N(C)CCCOc2ccccc2Cl)c(C)n1. The van der Waals surface area contributed by atoms with E-state index in [1.54, 1.807) is 31.1 Å². The third kappa shape index (κ3) is 4.66. The fourth-order valence-corrected chi connectivity index (χ4v) is 2.34. The molecule has 1 heterocycles. The van der Waals surface area contributed by atoms with Gasteiger partial charge in [0.1, 0.15) is 11.6 Å². The van der Waals surface area contributed by atoms with Crippen LogP contribution in [0, 0.1) is 13.8 Å². The highest BCUT2D eigenvalue weighted by atomic mass is 35.5. The van der Waals surface area contributed by atoms with Gasteiger partial charge in [-0.2, -0.15) is 0 Å². The van der Waals surface area contributed by atoms with Crippen LogP contribution >= 0.6 is 11.6 Å². The van der Waals surface area contributed by atoms with Crippen molar-refractivity contribution in [2.24, 2.45) is 0 Å². The average molecular weight is 334 g/mol. The molecule has 5 nitrogen and oxygen atoms in total. The van der Waals surface area contributed by atoms with E-state index in [2.05, 4.69) is 9.97 Å². The first-order valence-corrected chi connectivity index (χ1v) is 7.80. The van der Waals surface area contributed by atoms with E-state index in [0.717, 1.165) is 0 Å². The lowest BCUT2D eigenvalue weighted by atomic mass is 10.2. The van der Waals surface area contributed by atoms with Crippen LogP contribution in [0.3, 0.4) is 0 Å². The number of carbonyl (C=O) groups is 1. The van der Waals surface area contributed by atoms with Crippen LogP contribution in [0.25, 0.3) is 0 Å². The van der Waals surface area contributed by atoms with Gasteiger partial charge in [-0.1, -0.05) is 23.7 Å². The second-order valence-corrected chi connectivity index (χ2v) is 5.68. The molecule has 0 unspecified atom stereocenters. The van der Waals surface area contributed by atoms with Crippen molar-refractivity contribution in [1.82, 2.24) is 14.9 Å². The van der Waals surface area contributed by atoms with Gasteiger partial charge in [-0.3, -0.25) is 4.79 Å². The quantitative estimate of drug-likeness (QED) is 0.761. The van der Waals surface area contributed by atoms with E-state index in [1.165, 1.54) is 0 Å². The number of carbonyl (C=O) groups excluding carboxylic acids is 1. The van der Waals surface area contributed by atoms with Crippen molar-refractivity contribution in [1.29, 1.82) is 0 Å². The van der Waals surface area contributed by atoms with Crippen molar-refractivity contribution < 1.29 is 9.53 Å². The number of benzene rings is 1. The minimum Gasteiger partial charge on any atom is -0.492 e. The molecule has 1 aromatic carbocycles. The van der Waals surface area contributed by atoms with Gasteiger partial charge in [0.15, 0.2) is 0 Å².